The van der Waals surface area contributed by atoms with Crippen LogP contribution in [0.15, 0.2) is 36.7 Å². The minimum atomic E-state index is -1.02. The highest BCUT2D eigenvalue weighted by atomic mass is 19.1. The Labute approximate surface area is 140 Å². The summed E-state index contributed by atoms with van der Waals surface area (Å²) in [6.45, 7) is 4.95. The quantitative estimate of drug-likeness (QED) is 0.845. The van der Waals surface area contributed by atoms with Crippen LogP contribution in [-0.2, 0) is 0 Å². The van der Waals surface area contributed by atoms with Gasteiger partial charge in [0.05, 0.1) is 17.8 Å². The van der Waals surface area contributed by atoms with Crippen LogP contribution >= 0.6 is 0 Å². The maximum atomic E-state index is 12.8. The first-order valence-electron chi connectivity index (χ1n) is 7.38. The molecule has 2 aromatic heterocycles. The van der Waals surface area contributed by atoms with Gasteiger partial charge in [-0.25, -0.2) is 14.4 Å². The SMILES string of the molecule is C[C@@H](NC(=O)c1ccc(C#Cc2ccc(F)cn2)cn1)C(C)(C)O. The molecule has 0 saturated carbocycles. The number of nitrogens with zero attached hydrogens (tertiary/aromatic N) is 2. The van der Waals surface area contributed by atoms with E-state index in [1.54, 1.807) is 32.9 Å². The molecule has 124 valence electrons. The Morgan fingerprint density at radius 2 is 1.96 bits per heavy atom. The Morgan fingerprint density at radius 3 is 2.50 bits per heavy atom. The monoisotopic (exact) mass is 327 g/mol. The van der Waals surface area contributed by atoms with Gasteiger partial charge in [0.1, 0.15) is 17.2 Å². The van der Waals surface area contributed by atoms with Crippen LogP contribution in [0.2, 0.25) is 0 Å². The number of hydrogen-bond donors (Lipinski definition) is 2. The van der Waals surface area contributed by atoms with Gasteiger partial charge in [-0.1, -0.05) is 5.92 Å². The standard InChI is InChI=1S/C18H18FN3O2/c1-12(18(2,3)24)22-17(23)16-9-5-13(10-21-16)4-7-15-8-6-14(19)11-20-15/h5-6,8-12,24H,1-3H3,(H,22,23)/t12-/m1/s1. The number of carbonyl (C=O) groups is 1. The molecule has 6 heteroatoms. The Balaban J connectivity index is 2.05. The molecule has 0 aliphatic carbocycles. The molecule has 0 aliphatic rings. The van der Waals surface area contributed by atoms with Crippen molar-refractivity contribution in [2.75, 3.05) is 0 Å². The lowest BCUT2D eigenvalue weighted by atomic mass is 10.0. The maximum Gasteiger partial charge on any atom is 0.270 e. The molecule has 2 N–H and O–H groups in total. The van der Waals surface area contributed by atoms with Crippen molar-refractivity contribution in [3.8, 4) is 11.8 Å². The summed E-state index contributed by atoms with van der Waals surface area (Å²) in [6, 6.07) is 5.56. The molecular weight excluding hydrogens is 309 g/mol. The molecule has 0 aromatic carbocycles. The summed E-state index contributed by atoms with van der Waals surface area (Å²) in [5.41, 5.74) is 0.255. The second kappa shape index (κ2) is 7.20. The van der Waals surface area contributed by atoms with Gasteiger partial charge in [-0.3, -0.25) is 4.79 Å². The summed E-state index contributed by atoms with van der Waals surface area (Å²) in [7, 11) is 0. The highest BCUT2D eigenvalue weighted by molar-refractivity contribution is 5.92. The van der Waals surface area contributed by atoms with Crippen LogP contribution in [-0.4, -0.2) is 32.6 Å². The van der Waals surface area contributed by atoms with Crippen molar-refractivity contribution >= 4 is 5.91 Å². The first-order chi connectivity index (χ1) is 11.3. The summed E-state index contributed by atoms with van der Waals surface area (Å²) >= 11 is 0. The maximum absolute atomic E-state index is 12.8. The molecule has 0 aliphatic heterocycles. The molecule has 1 amide bonds. The number of rotatable bonds is 3. The second-order valence-electron chi connectivity index (χ2n) is 5.89. The van der Waals surface area contributed by atoms with Gasteiger partial charge in [-0.05, 0) is 51.0 Å². The molecule has 0 fully saturated rings. The van der Waals surface area contributed by atoms with Crippen LogP contribution in [0.1, 0.15) is 42.5 Å². The minimum Gasteiger partial charge on any atom is -0.388 e. The number of halogens is 1. The van der Waals surface area contributed by atoms with Crippen molar-refractivity contribution < 1.29 is 14.3 Å². The number of amides is 1. The summed E-state index contributed by atoms with van der Waals surface area (Å²) < 4.78 is 12.8. The minimum absolute atomic E-state index is 0.233. The third kappa shape index (κ3) is 4.86. The first kappa shape index (κ1) is 17.6. The van der Waals surface area contributed by atoms with Crippen LogP contribution in [0.4, 0.5) is 4.39 Å². The molecular formula is C18H18FN3O2. The fourth-order valence-electron chi connectivity index (χ4n) is 1.64. The van der Waals surface area contributed by atoms with Crippen LogP contribution < -0.4 is 5.32 Å². The molecule has 0 spiro atoms. The Morgan fingerprint density at radius 1 is 1.21 bits per heavy atom. The van der Waals surface area contributed by atoms with Gasteiger partial charge in [-0.2, -0.15) is 0 Å². The van der Waals surface area contributed by atoms with Crippen molar-refractivity contribution in [3.63, 3.8) is 0 Å². The van der Waals surface area contributed by atoms with E-state index >= 15 is 0 Å². The van der Waals surface area contributed by atoms with Crippen LogP contribution in [0.5, 0.6) is 0 Å². The van der Waals surface area contributed by atoms with Crippen LogP contribution in [0, 0.1) is 17.7 Å². The number of carbonyl (C=O) groups excluding carboxylic acids is 1. The van der Waals surface area contributed by atoms with Gasteiger partial charge < -0.3 is 10.4 Å². The van der Waals surface area contributed by atoms with E-state index in [9.17, 15) is 14.3 Å². The average molecular weight is 327 g/mol. The summed E-state index contributed by atoms with van der Waals surface area (Å²) in [5, 5.41) is 12.5. The van der Waals surface area contributed by atoms with Crippen molar-refractivity contribution in [2.24, 2.45) is 0 Å². The normalized spacial score (nSPS) is 12.0. The topological polar surface area (TPSA) is 75.1 Å². The van der Waals surface area contributed by atoms with Crippen molar-refractivity contribution in [3.05, 3.63) is 59.4 Å². The van der Waals surface area contributed by atoms with Gasteiger partial charge in [0, 0.05) is 11.8 Å². The van der Waals surface area contributed by atoms with E-state index in [1.807, 2.05) is 0 Å². The number of nitrogens with one attached hydrogen (secondary N) is 1. The number of pyridine rings is 2. The highest BCUT2D eigenvalue weighted by Crippen LogP contribution is 2.08. The molecule has 2 aromatic rings. The van der Waals surface area contributed by atoms with Gasteiger partial charge in [-0.15, -0.1) is 0 Å². The largest absolute Gasteiger partial charge is 0.388 e. The molecule has 0 radical (unpaired) electrons. The van der Waals surface area contributed by atoms with Crippen LogP contribution in [0.3, 0.4) is 0 Å². The molecule has 0 bridgehead atoms. The van der Waals surface area contributed by atoms with E-state index in [4.69, 9.17) is 0 Å². The lowest BCUT2D eigenvalue weighted by molar-refractivity contribution is 0.0407. The van der Waals surface area contributed by atoms with Crippen molar-refractivity contribution in [2.45, 2.75) is 32.4 Å². The third-order valence-electron chi connectivity index (χ3n) is 3.47. The van der Waals surface area contributed by atoms with Gasteiger partial charge >= 0.3 is 0 Å². The fraction of sp³-hybridized carbons (Fsp3) is 0.278. The number of aliphatic hydroxyl groups is 1. The lowest BCUT2D eigenvalue weighted by Crippen LogP contribution is -2.47. The Kier molecular flexibility index (Phi) is 5.27. The molecule has 5 nitrogen and oxygen atoms in total. The second-order valence-corrected chi connectivity index (χ2v) is 5.89. The first-order valence-corrected chi connectivity index (χ1v) is 7.38. The zero-order valence-corrected chi connectivity index (χ0v) is 13.7. The molecule has 0 saturated heterocycles. The lowest BCUT2D eigenvalue weighted by Gasteiger charge is -2.26. The van der Waals surface area contributed by atoms with Crippen molar-refractivity contribution in [1.82, 2.24) is 15.3 Å². The van der Waals surface area contributed by atoms with Crippen LogP contribution in [0.25, 0.3) is 0 Å². The number of aromatic nitrogens is 2. The summed E-state index contributed by atoms with van der Waals surface area (Å²) in [5.74, 6) is 4.84. The Bertz CT molecular complexity index is 769. The van der Waals surface area contributed by atoms with E-state index < -0.39 is 17.5 Å². The van der Waals surface area contributed by atoms with E-state index in [0.717, 1.165) is 6.20 Å². The van der Waals surface area contributed by atoms with E-state index in [-0.39, 0.29) is 11.6 Å². The third-order valence-corrected chi connectivity index (χ3v) is 3.47. The molecule has 1 atom stereocenters. The summed E-state index contributed by atoms with van der Waals surface area (Å²) in [4.78, 5) is 20.0. The van der Waals surface area contributed by atoms with E-state index in [0.29, 0.717) is 11.3 Å². The average Bonchev–Trinajstić information content (AvgIpc) is 2.54. The fourth-order valence-corrected chi connectivity index (χ4v) is 1.64. The van der Waals surface area contributed by atoms with Gasteiger partial charge in [0.15, 0.2) is 0 Å². The van der Waals surface area contributed by atoms with Gasteiger partial charge in [0.25, 0.3) is 5.91 Å². The molecule has 2 rings (SSSR count). The molecule has 0 unspecified atom stereocenters. The smallest absolute Gasteiger partial charge is 0.270 e. The predicted molar refractivity (Wildman–Crippen MR) is 87.6 cm³/mol. The number of hydrogen-bond acceptors (Lipinski definition) is 4. The zero-order chi connectivity index (χ0) is 17.7. The molecule has 24 heavy (non-hydrogen) atoms. The highest BCUT2D eigenvalue weighted by Gasteiger charge is 2.24. The van der Waals surface area contributed by atoms with E-state index in [2.05, 4.69) is 27.1 Å². The summed E-state index contributed by atoms with van der Waals surface area (Å²) in [6.07, 6.45) is 2.57. The van der Waals surface area contributed by atoms with E-state index in [1.165, 1.54) is 18.3 Å². The zero-order valence-electron chi connectivity index (χ0n) is 13.7. The Hall–Kier alpha value is -2.78. The van der Waals surface area contributed by atoms with Gasteiger partial charge in [0.2, 0.25) is 0 Å². The molecule has 2 heterocycles. The van der Waals surface area contributed by atoms with Crippen molar-refractivity contribution in [1.29, 1.82) is 0 Å². The predicted octanol–water partition coefficient (Wildman–Crippen LogP) is 1.90.